The highest BCUT2D eigenvalue weighted by atomic mass is 16.5. The molecule has 2 rings (SSSR count). The van der Waals surface area contributed by atoms with Gasteiger partial charge in [0, 0.05) is 0 Å². The number of hydrogen-bond acceptors (Lipinski definition) is 2. The summed E-state index contributed by atoms with van der Waals surface area (Å²) in [6, 6.07) is 7.97. The predicted molar refractivity (Wildman–Crippen MR) is 73.5 cm³/mol. The van der Waals surface area contributed by atoms with Crippen molar-refractivity contribution in [1.29, 1.82) is 0 Å². The molecule has 3 atom stereocenters. The summed E-state index contributed by atoms with van der Waals surface area (Å²) >= 11 is 0. The lowest BCUT2D eigenvalue weighted by molar-refractivity contribution is -0.0469. The molecule has 1 aromatic rings. The van der Waals surface area contributed by atoms with Gasteiger partial charge in [-0.2, -0.15) is 0 Å². The fraction of sp³-hybridized carbons (Fsp3) is 0.625. The van der Waals surface area contributed by atoms with Crippen molar-refractivity contribution in [2.75, 3.05) is 6.61 Å². The standard InChI is InChI=1S/C16H24O2/c1-12-7-3-5-9-14(12)15(17)11-18-16-10-6-4-8-13(16)2/h3,5,7,9,13,15-17H,4,6,8,10-11H2,1-2H3. The molecular weight excluding hydrogens is 224 g/mol. The average Bonchev–Trinajstić information content (AvgIpc) is 2.38. The first-order valence-corrected chi connectivity index (χ1v) is 7.03. The molecular formula is C16H24O2. The van der Waals surface area contributed by atoms with E-state index < -0.39 is 6.10 Å². The zero-order valence-electron chi connectivity index (χ0n) is 11.4. The highest BCUT2D eigenvalue weighted by Crippen LogP contribution is 2.27. The van der Waals surface area contributed by atoms with E-state index in [4.69, 9.17) is 4.74 Å². The first-order chi connectivity index (χ1) is 8.68. The number of aliphatic hydroxyl groups excluding tert-OH is 1. The van der Waals surface area contributed by atoms with Crippen LogP contribution in [-0.4, -0.2) is 17.8 Å². The smallest absolute Gasteiger partial charge is 0.103 e. The number of benzene rings is 1. The Labute approximate surface area is 110 Å². The van der Waals surface area contributed by atoms with E-state index in [0.717, 1.165) is 17.5 Å². The van der Waals surface area contributed by atoms with E-state index in [1.165, 1.54) is 19.3 Å². The van der Waals surface area contributed by atoms with Gasteiger partial charge in [0.2, 0.25) is 0 Å². The molecule has 0 bridgehead atoms. The van der Waals surface area contributed by atoms with Crippen LogP contribution in [0.5, 0.6) is 0 Å². The predicted octanol–water partition coefficient (Wildman–Crippen LogP) is 3.62. The van der Waals surface area contributed by atoms with Crippen molar-refractivity contribution in [2.45, 2.75) is 51.7 Å². The number of hydrogen-bond donors (Lipinski definition) is 1. The molecule has 1 aromatic carbocycles. The van der Waals surface area contributed by atoms with Gasteiger partial charge in [-0.3, -0.25) is 0 Å². The summed E-state index contributed by atoms with van der Waals surface area (Å²) in [6.07, 6.45) is 4.81. The molecule has 0 aromatic heterocycles. The van der Waals surface area contributed by atoms with E-state index in [9.17, 15) is 5.11 Å². The maximum Gasteiger partial charge on any atom is 0.103 e. The molecule has 0 spiro atoms. The van der Waals surface area contributed by atoms with Gasteiger partial charge in [0.25, 0.3) is 0 Å². The molecule has 0 aliphatic heterocycles. The third-order valence-electron chi connectivity index (χ3n) is 4.05. The highest BCUT2D eigenvalue weighted by Gasteiger charge is 2.23. The molecule has 0 heterocycles. The first kappa shape index (κ1) is 13.6. The Morgan fingerprint density at radius 2 is 2.00 bits per heavy atom. The van der Waals surface area contributed by atoms with Crippen LogP contribution in [0.25, 0.3) is 0 Å². The van der Waals surface area contributed by atoms with Crippen LogP contribution < -0.4 is 0 Å². The lowest BCUT2D eigenvalue weighted by Gasteiger charge is -2.29. The van der Waals surface area contributed by atoms with E-state index in [-0.39, 0.29) is 0 Å². The Bertz CT molecular complexity index is 375. The van der Waals surface area contributed by atoms with E-state index >= 15 is 0 Å². The molecule has 1 saturated carbocycles. The van der Waals surface area contributed by atoms with Crippen LogP contribution in [0.3, 0.4) is 0 Å². The number of ether oxygens (including phenoxy) is 1. The quantitative estimate of drug-likeness (QED) is 0.881. The largest absolute Gasteiger partial charge is 0.386 e. The fourth-order valence-electron chi connectivity index (χ4n) is 2.80. The number of rotatable bonds is 4. The van der Waals surface area contributed by atoms with Crippen LogP contribution in [0.15, 0.2) is 24.3 Å². The zero-order valence-corrected chi connectivity index (χ0v) is 11.4. The first-order valence-electron chi connectivity index (χ1n) is 7.03. The van der Waals surface area contributed by atoms with Gasteiger partial charge in [-0.15, -0.1) is 0 Å². The maximum atomic E-state index is 10.2. The number of aliphatic hydroxyl groups is 1. The summed E-state index contributed by atoms with van der Waals surface area (Å²) in [5, 5.41) is 10.2. The molecule has 100 valence electrons. The van der Waals surface area contributed by atoms with Crippen molar-refractivity contribution in [3.63, 3.8) is 0 Å². The Morgan fingerprint density at radius 1 is 1.28 bits per heavy atom. The molecule has 1 aliphatic carbocycles. The zero-order chi connectivity index (χ0) is 13.0. The van der Waals surface area contributed by atoms with Crippen molar-refractivity contribution in [1.82, 2.24) is 0 Å². The van der Waals surface area contributed by atoms with Crippen LogP contribution >= 0.6 is 0 Å². The van der Waals surface area contributed by atoms with Crippen LogP contribution in [-0.2, 0) is 4.74 Å². The molecule has 2 nitrogen and oxygen atoms in total. The van der Waals surface area contributed by atoms with Gasteiger partial charge in [-0.1, -0.05) is 44.0 Å². The number of aryl methyl sites for hydroxylation is 1. The molecule has 1 fully saturated rings. The van der Waals surface area contributed by atoms with E-state index in [1.807, 2.05) is 31.2 Å². The molecule has 3 unspecified atom stereocenters. The van der Waals surface area contributed by atoms with Crippen LogP contribution in [0.2, 0.25) is 0 Å². The van der Waals surface area contributed by atoms with Crippen molar-refractivity contribution in [3.05, 3.63) is 35.4 Å². The van der Waals surface area contributed by atoms with Gasteiger partial charge in [0.05, 0.1) is 12.7 Å². The van der Waals surface area contributed by atoms with Crippen molar-refractivity contribution >= 4 is 0 Å². The normalized spacial score (nSPS) is 25.9. The van der Waals surface area contributed by atoms with E-state index in [0.29, 0.717) is 18.6 Å². The van der Waals surface area contributed by atoms with Gasteiger partial charge in [0.15, 0.2) is 0 Å². The molecule has 1 N–H and O–H groups in total. The van der Waals surface area contributed by atoms with E-state index in [1.54, 1.807) is 0 Å². The van der Waals surface area contributed by atoms with Gasteiger partial charge < -0.3 is 9.84 Å². The molecule has 1 aliphatic rings. The Hall–Kier alpha value is -0.860. The van der Waals surface area contributed by atoms with Gasteiger partial charge >= 0.3 is 0 Å². The van der Waals surface area contributed by atoms with E-state index in [2.05, 4.69) is 6.92 Å². The summed E-state index contributed by atoms with van der Waals surface area (Å²) in [5.41, 5.74) is 2.12. The van der Waals surface area contributed by atoms with Crippen LogP contribution in [0.1, 0.15) is 49.8 Å². The summed E-state index contributed by atoms with van der Waals surface area (Å²) in [5.74, 6) is 0.628. The highest BCUT2D eigenvalue weighted by molar-refractivity contribution is 5.27. The van der Waals surface area contributed by atoms with Gasteiger partial charge in [-0.25, -0.2) is 0 Å². The van der Waals surface area contributed by atoms with Crippen LogP contribution in [0.4, 0.5) is 0 Å². The Kier molecular flexibility index (Phi) is 4.79. The summed E-state index contributed by atoms with van der Waals surface area (Å²) in [6.45, 7) is 4.70. The lowest BCUT2D eigenvalue weighted by atomic mass is 9.88. The van der Waals surface area contributed by atoms with Crippen LogP contribution in [0, 0.1) is 12.8 Å². The minimum atomic E-state index is -0.500. The minimum absolute atomic E-state index is 0.331. The third-order valence-corrected chi connectivity index (χ3v) is 4.05. The topological polar surface area (TPSA) is 29.5 Å². The lowest BCUT2D eigenvalue weighted by Crippen LogP contribution is -2.27. The summed E-state index contributed by atoms with van der Waals surface area (Å²) in [7, 11) is 0. The SMILES string of the molecule is Cc1ccccc1C(O)COC1CCCCC1C. The average molecular weight is 248 g/mol. The molecule has 0 amide bonds. The maximum absolute atomic E-state index is 10.2. The molecule has 18 heavy (non-hydrogen) atoms. The van der Waals surface area contributed by atoms with Gasteiger partial charge in [-0.05, 0) is 36.8 Å². The second-order valence-electron chi connectivity index (χ2n) is 5.51. The Morgan fingerprint density at radius 3 is 2.72 bits per heavy atom. The monoisotopic (exact) mass is 248 g/mol. The molecule has 2 heteroatoms. The summed E-state index contributed by atoms with van der Waals surface area (Å²) in [4.78, 5) is 0. The van der Waals surface area contributed by atoms with Crippen molar-refractivity contribution < 1.29 is 9.84 Å². The third kappa shape index (κ3) is 3.33. The Balaban J connectivity index is 1.88. The second-order valence-corrected chi connectivity index (χ2v) is 5.51. The minimum Gasteiger partial charge on any atom is -0.386 e. The van der Waals surface area contributed by atoms with Crippen molar-refractivity contribution in [2.24, 2.45) is 5.92 Å². The molecule has 0 radical (unpaired) electrons. The summed E-state index contributed by atoms with van der Waals surface area (Å²) < 4.78 is 5.92. The van der Waals surface area contributed by atoms with Crippen molar-refractivity contribution in [3.8, 4) is 0 Å². The van der Waals surface area contributed by atoms with Gasteiger partial charge in [0.1, 0.15) is 6.10 Å². The molecule has 0 saturated heterocycles. The second kappa shape index (κ2) is 6.35. The fourth-order valence-corrected chi connectivity index (χ4v) is 2.80.